The van der Waals surface area contributed by atoms with Gasteiger partial charge in [0.15, 0.2) is 16.6 Å². The largest absolute Gasteiger partial charge is 0.493 e. The van der Waals surface area contributed by atoms with E-state index >= 15 is 0 Å². The molecule has 0 aliphatic heterocycles. The van der Waals surface area contributed by atoms with E-state index in [4.69, 9.17) is 27.4 Å². The smallest absolute Gasteiger partial charge is 0.184 e. The van der Waals surface area contributed by atoms with Gasteiger partial charge in [0.05, 0.1) is 17.8 Å². The van der Waals surface area contributed by atoms with Gasteiger partial charge in [0.25, 0.3) is 0 Å². The summed E-state index contributed by atoms with van der Waals surface area (Å²) in [5.41, 5.74) is 9.78. The number of methoxy groups -OCH3 is 1. The SMILES string of the molecule is COc1cc(C=NNC(N)=S)cc(Br)c1OCc1cccc2ccccc12. The second-order valence-electron chi connectivity index (χ2n) is 5.70. The van der Waals surface area contributed by atoms with Gasteiger partial charge in [-0.25, -0.2) is 0 Å². The number of halogens is 1. The molecular weight excluding hydrogens is 426 g/mol. The number of thiocarbonyl (C=S) groups is 1. The minimum absolute atomic E-state index is 0.104. The van der Waals surface area contributed by atoms with Gasteiger partial charge in [-0.2, -0.15) is 5.10 Å². The average molecular weight is 444 g/mol. The van der Waals surface area contributed by atoms with Crippen LogP contribution in [0.5, 0.6) is 11.5 Å². The molecule has 0 unspecified atom stereocenters. The van der Waals surface area contributed by atoms with Crippen LogP contribution in [0.4, 0.5) is 0 Å². The normalized spacial score (nSPS) is 10.9. The van der Waals surface area contributed by atoms with Crippen molar-refractivity contribution in [1.82, 2.24) is 5.43 Å². The van der Waals surface area contributed by atoms with Crippen molar-refractivity contribution in [3.05, 3.63) is 70.2 Å². The molecule has 0 radical (unpaired) electrons. The van der Waals surface area contributed by atoms with Crippen molar-refractivity contribution in [3.63, 3.8) is 0 Å². The first-order valence-corrected chi connectivity index (χ1v) is 9.34. The number of fused-ring (bicyclic) bond motifs is 1. The second kappa shape index (κ2) is 8.83. The maximum Gasteiger partial charge on any atom is 0.184 e. The molecule has 3 aromatic rings. The van der Waals surface area contributed by atoms with Crippen molar-refractivity contribution in [3.8, 4) is 11.5 Å². The topological polar surface area (TPSA) is 68.9 Å². The van der Waals surface area contributed by atoms with Crippen LogP contribution in [-0.4, -0.2) is 18.4 Å². The lowest BCUT2D eigenvalue weighted by molar-refractivity contribution is 0.283. The van der Waals surface area contributed by atoms with Crippen molar-refractivity contribution in [2.24, 2.45) is 10.8 Å². The standard InChI is InChI=1S/C20H18BrN3O2S/c1-25-18-10-13(11-23-24-20(22)27)9-17(21)19(18)26-12-15-7-4-6-14-5-2-3-8-16(14)15/h2-11H,12H2,1H3,(H3,22,24,27). The van der Waals surface area contributed by atoms with Crippen LogP contribution in [0.25, 0.3) is 10.8 Å². The van der Waals surface area contributed by atoms with Gasteiger partial charge in [-0.3, -0.25) is 5.43 Å². The quantitative estimate of drug-likeness (QED) is 0.336. The Bertz CT molecular complexity index is 1000. The second-order valence-corrected chi connectivity index (χ2v) is 6.99. The molecule has 3 rings (SSSR count). The highest BCUT2D eigenvalue weighted by molar-refractivity contribution is 9.10. The van der Waals surface area contributed by atoms with Gasteiger partial charge in [0.2, 0.25) is 0 Å². The van der Waals surface area contributed by atoms with Crippen LogP contribution in [0.3, 0.4) is 0 Å². The number of hydrogen-bond acceptors (Lipinski definition) is 4. The van der Waals surface area contributed by atoms with Gasteiger partial charge in [0, 0.05) is 0 Å². The third kappa shape index (κ3) is 4.75. The molecular formula is C20H18BrN3O2S. The van der Waals surface area contributed by atoms with E-state index in [1.54, 1.807) is 13.3 Å². The summed E-state index contributed by atoms with van der Waals surface area (Å²) < 4.78 is 12.3. The highest BCUT2D eigenvalue weighted by Crippen LogP contribution is 2.37. The lowest BCUT2D eigenvalue weighted by Gasteiger charge is -2.14. The molecule has 138 valence electrons. The molecule has 3 N–H and O–H groups in total. The number of nitrogens with two attached hydrogens (primary N) is 1. The summed E-state index contributed by atoms with van der Waals surface area (Å²) in [6.07, 6.45) is 1.60. The Kier molecular flexibility index (Phi) is 6.26. The molecule has 0 saturated heterocycles. The molecule has 0 fully saturated rings. The number of hydrogen-bond donors (Lipinski definition) is 2. The van der Waals surface area contributed by atoms with Crippen molar-refractivity contribution in [2.45, 2.75) is 6.61 Å². The van der Waals surface area contributed by atoms with Crippen LogP contribution in [0.2, 0.25) is 0 Å². The maximum atomic E-state index is 6.08. The molecule has 0 spiro atoms. The van der Waals surface area contributed by atoms with E-state index in [1.807, 2.05) is 30.3 Å². The number of nitrogens with one attached hydrogen (secondary N) is 1. The summed E-state index contributed by atoms with van der Waals surface area (Å²) in [6.45, 7) is 0.423. The highest BCUT2D eigenvalue weighted by Gasteiger charge is 2.12. The van der Waals surface area contributed by atoms with E-state index in [-0.39, 0.29) is 5.11 Å². The zero-order valence-electron chi connectivity index (χ0n) is 14.6. The lowest BCUT2D eigenvalue weighted by Crippen LogP contribution is -2.23. The van der Waals surface area contributed by atoms with Gasteiger partial charge < -0.3 is 15.2 Å². The fourth-order valence-corrected chi connectivity index (χ4v) is 3.32. The Labute approximate surface area is 171 Å². The zero-order chi connectivity index (χ0) is 19.2. The summed E-state index contributed by atoms with van der Waals surface area (Å²) in [7, 11) is 1.60. The predicted molar refractivity (Wildman–Crippen MR) is 116 cm³/mol. The molecule has 7 heteroatoms. The third-order valence-corrected chi connectivity index (χ3v) is 4.57. The van der Waals surface area contributed by atoms with Gasteiger partial charge in [0.1, 0.15) is 6.61 Å². The molecule has 0 aromatic heterocycles. The summed E-state index contributed by atoms with van der Waals surface area (Å²) in [5.74, 6) is 1.23. The molecule has 0 atom stereocenters. The van der Waals surface area contributed by atoms with E-state index < -0.39 is 0 Å². The minimum Gasteiger partial charge on any atom is -0.493 e. The molecule has 0 bridgehead atoms. The van der Waals surface area contributed by atoms with Crippen LogP contribution in [0, 0.1) is 0 Å². The van der Waals surface area contributed by atoms with Gasteiger partial charge in [-0.05, 0) is 62.2 Å². The Hall–Kier alpha value is -2.64. The number of nitrogens with zero attached hydrogens (tertiary/aromatic N) is 1. The molecule has 3 aromatic carbocycles. The van der Waals surface area contributed by atoms with E-state index in [1.165, 1.54) is 10.8 Å². The number of hydrazone groups is 1. The molecule has 27 heavy (non-hydrogen) atoms. The van der Waals surface area contributed by atoms with E-state index in [0.717, 1.165) is 15.6 Å². The van der Waals surface area contributed by atoms with Crippen molar-refractivity contribution < 1.29 is 9.47 Å². The summed E-state index contributed by atoms with van der Waals surface area (Å²) >= 11 is 8.26. The summed E-state index contributed by atoms with van der Waals surface area (Å²) in [6, 6.07) is 18.1. The Balaban J connectivity index is 1.84. The van der Waals surface area contributed by atoms with Crippen molar-refractivity contribution in [1.29, 1.82) is 0 Å². The highest BCUT2D eigenvalue weighted by atomic mass is 79.9. The number of rotatable bonds is 6. The van der Waals surface area contributed by atoms with Crippen LogP contribution in [0.1, 0.15) is 11.1 Å². The lowest BCUT2D eigenvalue weighted by atomic mass is 10.1. The molecule has 0 heterocycles. The van der Waals surface area contributed by atoms with Gasteiger partial charge >= 0.3 is 0 Å². The van der Waals surface area contributed by atoms with Gasteiger partial charge in [-0.15, -0.1) is 0 Å². The first-order valence-electron chi connectivity index (χ1n) is 8.14. The average Bonchev–Trinajstić information content (AvgIpc) is 2.66. The third-order valence-electron chi connectivity index (χ3n) is 3.89. The van der Waals surface area contributed by atoms with E-state index in [0.29, 0.717) is 18.1 Å². The van der Waals surface area contributed by atoms with E-state index in [9.17, 15) is 0 Å². The van der Waals surface area contributed by atoms with Crippen LogP contribution in [-0.2, 0) is 6.61 Å². The summed E-state index contributed by atoms with van der Waals surface area (Å²) in [5, 5.41) is 6.41. The van der Waals surface area contributed by atoms with Gasteiger partial charge in [-0.1, -0.05) is 42.5 Å². The maximum absolute atomic E-state index is 6.08. The minimum atomic E-state index is 0.104. The molecule has 5 nitrogen and oxygen atoms in total. The van der Waals surface area contributed by atoms with Crippen LogP contribution < -0.4 is 20.6 Å². The fourth-order valence-electron chi connectivity index (χ4n) is 2.69. The summed E-state index contributed by atoms with van der Waals surface area (Å²) in [4.78, 5) is 0. The first-order chi connectivity index (χ1) is 13.1. The van der Waals surface area contributed by atoms with Crippen LogP contribution in [0.15, 0.2) is 64.2 Å². The molecule has 0 saturated carbocycles. The van der Waals surface area contributed by atoms with Crippen molar-refractivity contribution >= 4 is 50.2 Å². The first kappa shape index (κ1) is 19.1. The molecule has 0 aliphatic rings. The number of ether oxygens (including phenoxy) is 2. The van der Waals surface area contributed by atoms with E-state index in [2.05, 4.69) is 50.7 Å². The monoisotopic (exact) mass is 443 g/mol. The molecule has 0 amide bonds. The number of benzene rings is 3. The predicted octanol–water partition coefficient (Wildman–Crippen LogP) is 4.36. The Morgan fingerprint density at radius 3 is 2.78 bits per heavy atom. The van der Waals surface area contributed by atoms with Crippen molar-refractivity contribution in [2.75, 3.05) is 7.11 Å². The van der Waals surface area contributed by atoms with Crippen LogP contribution >= 0.6 is 28.1 Å². The zero-order valence-corrected chi connectivity index (χ0v) is 17.0. The Morgan fingerprint density at radius 1 is 1.22 bits per heavy atom. The molecule has 0 aliphatic carbocycles. The Morgan fingerprint density at radius 2 is 2.00 bits per heavy atom. The fraction of sp³-hybridized carbons (Fsp3) is 0.100.